The van der Waals surface area contributed by atoms with Crippen LogP contribution in [0.25, 0.3) is 27.5 Å². The second-order valence-electron chi connectivity index (χ2n) is 5.16. The van der Waals surface area contributed by atoms with Crippen LogP contribution < -0.4 is 5.46 Å². The molecule has 0 amide bonds. The highest BCUT2D eigenvalue weighted by Gasteiger charge is 2.12. The van der Waals surface area contributed by atoms with Gasteiger partial charge in [-0.05, 0) is 24.3 Å². The Kier molecular flexibility index (Phi) is 2.43. The summed E-state index contributed by atoms with van der Waals surface area (Å²) in [4.78, 5) is 0. The molecule has 4 rings (SSSR count). The standard InChI is InChI=1S/C18H14BN/c19-15-10-6-12-17-18(15)14-9-4-5-11-16(14)20(17)13-7-2-1-3-8-13/h1-12H,19H2. The van der Waals surface area contributed by atoms with Crippen molar-refractivity contribution in [2.24, 2.45) is 0 Å². The molecule has 1 heterocycles. The Morgan fingerprint density at radius 1 is 0.650 bits per heavy atom. The molecule has 0 fully saturated rings. The van der Waals surface area contributed by atoms with Crippen molar-refractivity contribution in [2.45, 2.75) is 0 Å². The molecule has 0 aliphatic heterocycles. The monoisotopic (exact) mass is 255 g/mol. The number of benzene rings is 3. The Hall–Kier alpha value is -2.48. The maximum atomic E-state index is 2.34. The van der Waals surface area contributed by atoms with E-state index in [9.17, 15) is 0 Å². The van der Waals surface area contributed by atoms with E-state index < -0.39 is 0 Å². The lowest BCUT2D eigenvalue weighted by Crippen LogP contribution is -2.02. The Morgan fingerprint density at radius 2 is 1.35 bits per heavy atom. The molecule has 1 aromatic heterocycles. The van der Waals surface area contributed by atoms with Gasteiger partial charge in [-0.2, -0.15) is 0 Å². The van der Waals surface area contributed by atoms with Crippen LogP contribution in [0.3, 0.4) is 0 Å². The zero-order chi connectivity index (χ0) is 13.5. The van der Waals surface area contributed by atoms with Gasteiger partial charge in [-0.3, -0.25) is 0 Å². The van der Waals surface area contributed by atoms with Crippen molar-refractivity contribution in [2.75, 3.05) is 0 Å². The average molecular weight is 255 g/mol. The van der Waals surface area contributed by atoms with Gasteiger partial charge in [0.2, 0.25) is 0 Å². The highest BCUT2D eigenvalue weighted by atomic mass is 15.0. The molecule has 0 aliphatic carbocycles. The minimum absolute atomic E-state index is 1.21. The molecule has 1 nitrogen and oxygen atoms in total. The molecule has 4 aromatic rings. The number of nitrogens with zero attached hydrogens (tertiary/aromatic N) is 1. The second-order valence-corrected chi connectivity index (χ2v) is 5.16. The number of hydrogen-bond donors (Lipinski definition) is 0. The fraction of sp³-hybridized carbons (Fsp3) is 0. The highest BCUT2D eigenvalue weighted by molar-refractivity contribution is 6.41. The van der Waals surface area contributed by atoms with E-state index >= 15 is 0 Å². The van der Waals surface area contributed by atoms with Crippen LogP contribution in [0.5, 0.6) is 0 Å². The number of rotatable bonds is 1. The maximum absolute atomic E-state index is 2.34. The van der Waals surface area contributed by atoms with E-state index in [1.807, 2.05) is 0 Å². The average Bonchev–Trinajstić information content (AvgIpc) is 2.84. The molecule has 0 N–H and O–H groups in total. The van der Waals surface area contributed by atoms with E-state index in [1.54, 1.807) is 0 Å². The number of fused-ring (bicyclic) bond motifs is 3. The van der Waals surface area contributed by atoms with Gasteiger partial charge in [-0.15, -0.1) is 0 Å². The lowest BCUT2D eigenvalue weighted by Gasteiger charge is -2.07. The summed E-state index contributed by atoms with van der Waals surface area (Å²) in [6, 6.07) is 25.7. The van der Waals surface area contributed by atoms with E-state index in [0.29, 0.717) is 0 Å². The molecule has 94 valence electrons. The first-order chi connectivity index (χ1) is 9.86. The largest absolute Gasteiger partial charge is 0.309 e. The van der Waals surface area contributed by atoms with E-state index in [-0.39, 0.29) is 0 Å². The van der Waals surface area contributed by atoms with Crippen LogP contribution in [0.2, 0.25) is 0 Å². The Morgan fingerprint density at radius 3 is 2.20 bits per heavy atom. The molecular weight excluding hydrogens is 241 g/mol. The van der Waals surface area contributed by atoms with Crippen molar-refractivity contribution in [3.05, 3.63) is 72.8 Å². The second kappa shape index (κ2) is 4.27. The van der Waals surface area contributed by atoms with E-state index in [1.165, 1.54) is 33.0 Å². The predicted octanol–water partition coefficient (Wildman–Crippen LogP) is 3.04. The third kappa shape index (κ3) is 1.51. The summed E-state index contributed by atoms with van der Waals surface area (Å²) in [5.74, 6) is 0. The fourth-order valence-electron chi connectivity index (χ4n) is 3.05. The molecule has 2 heteroatoms. The van der Waals surface area contributed by atoms with Crippen LogP contribution in [-0.2, 0) is 0 Å². The van der Waals surface area contributed by atoms with Gasteiger partial charge in [0.05, 0.1) is 11.0 Å². The van der Waals surface area contributed by atoms with Crippen molar-refractivity contribution in [3.63, 3.8) is 0 Å². The summed E-state index contributed by atoms with van der Waals surface area (Å²) >= 11 is 0. The molecule has 0 atom stereocenters. The van der Waals surface area contributed by atoms with E-state index in [4.69, 9.17) is 0 Å². The molecule has 20 heavy (non-hydrogen) atoms. The molecule has 0 bridgehead atoms. The molecule has 0 spiro atoms. The van der Waals surface area contributed by atoms with Gasteiger partial charge in [0, 0.05) is 16.5 Å². The first-order valence-corrected chi connectivity index (χ1v) is 6.90. The summed E-state index contributed by atoms with van der Waals surface area (Å²) in [5, 5.41) is 2.68. The lowest BCUT2D eigenvalue weighted by molar-refractivity contribution is 1.18. The van der Waals surface area contributed by atoms with Crippen LogP contribution in [0.15, 0.2) is 72.8 Å². The summed E-state index contributed by atoms with van der Waals surface area (Å²) < 4.78 is 2.34. The van der Waals surface area contributed by atoms with Crippen molar-refractivity contribution < 1.29 is 0 Å². The van der Waals surface area contributed by atoms with Crippen molar-refractivity contribution in [1.29, 1.82) is 0 Å². The molecule has 0 saturated heterocycles. The van der Waals surface area contributed by atoms with Gasteiger partial charge in [0.15, 0.2) is 0 Å². The zero-order valence-corrected chi connectivity index (χ0v) is 11.4. The normalized spacial score (nSPS) is 11.2. The smallest absolute Gasteiger partial charge is 0.140 e. The number of para-hydroxylation sites is 2. The first kappa shape index (κ1) is 11.4. The molecule has 0 radical (unpaired) electrons. The van der Waals surface area contributed by atoms with Crippen molar-refractivity contribution in [3.8, 4) is 5.69 Å². The number of hydrogen-bond acceptors (Lipinski definition) is 0. The summed E-state index contributed by atoms with van der Waals surface area (Å²) in [6.45, 7) is 0. The van der Waals surface area contributed by atoms with Gasteiger partial charge >= 0.3 is 0 Å². The third-order valence-corrected chi connectivity index (χ3v) is 3.92. The quantitative estimate of drug-likeness (QED) is 0.461. The van der Waals surface area contributed by atoms with Crippen LogP contribution >= 0.6 is 0 Å². The SMILES string of the molecule is Bc1cccc2c1c1ccccc1n2-c1ccccc1. The van der Waals surface area contributed by atoms with Gasteiger partial charge < -0.3 is 4.57 Å². The molecule has 3 aromatic carbocycles. The molecule has 0 saturated carbocycles. The van der Waals surface area contributed by atoms with E-state index in [2.05, 4.69) is 85.2 Å². The van der Waals surface area contributed by atoms with Gasteiger partial charge in [0.25, 0.3) is 0 Å². The molecular formula is C18H14BN. The first-order valence-electron chi connectivity index (χ1n) is 6.90. The van der Waals surface area contributed by atoms with Gasteiger partial charge in [-0.25, -0.2) is 0 Å². The molecule has 0 aliphatic rings. The fourth-order valence-corrected chi connectivity index (χ4v) is 3.05. The topological polar surface area (TPSA) is 4.93 Å². The Labute approximate surface area is 118 Å². The van der Waals surface area contributed by atoms with Gasteiger partial charge in [0.1, 0.15) is 7.85 Å². The van der Waals surface area contributed by atoms with E-state index in [0.717, 1.165) is 0 Å². The van der Waals surface area contributed by atoms with Crippen molar-refractivity contribution >= 4 is 35.1 Å². The van der Waals surface area contributed by atoms with Crippen LogP contribution in [0.1, 0.15) is 0 Å². The van der Waals surface area contributed by atoms with Crippen LogP contribution in [0, 0.1) is 0 Å². The zero-order valence-electron chi connectivity index (χ0n) is 11.4. The van der Waals surface area contributed by atoms with Crippen LogP contribution in [-0.4, -0.2) is 12.4 Å². The maximum Gasteiger partial charge on any atom is 0.140 e. The van der Waals surface area contributed by atoms with Crippen LogP contribution in [0.4, 0.5) is 0 Å². The Bertz CT molecular complexity index is 907. The predicted molar refractivity (Wildman–Crippen MR) is 89.0 cm³/mol. The minimum Gasteiger partial charge on any atom is -0.309 e. The Balaban J connectivity index is 2.26. The minimum atomic E-state index is 1.21. The highest BCUT2D eigenvalue weighted by Crippen LogP contribution is 2.30. The van der Waals surface area contributed by atoms with Gasteiger partial charge in [-0.1, -0.05) is 54.0 Å². The summed E-state index contributed by atoms with van der Waals surface area (Å²) in [7, 11) is 2.18. The van der Waals surface area contributed by atoms with Crippen molar-refractivity contribution in [1.82, 2.24) is 4.57 Å². The summed E-state index contributed by atoms with van der Waals surface area (Å²) in [5.41, 5.74) is 5.08. The lowest BCUT2D eigenvalue weighted by atomic mass is 9.91. The summed E-state index contributed by atoms with van der Waals surface area (Å²) in [6.07, 6.45) is 0. The molecule has 0 unspecified atom stereocenters. The third-order valence-electron chi connectivity index (χ3n) is 3.92. The number of aromatic nitrogens is 1.